The molecule has 23 heavy (non-hydrogen) atoms. The number of rotatable bonds is 6. The molecule has 2 aromatic rings. The third-order valence-electron chi connectivity index (χ3n) is 3.75. The van der Waals surface area contributed by atoms with Crippen molar-refractivity contribution >= 4 is 29.0 Å². The van der Waals surface area contributed by atoms with Gasteiger partial charge in [0.15, 0.2) is 4.77 Å². The molecule has 0 saturated heterocycles. The third kappa shape index (κ3) is 3.86. The molecule has 1 atom stereocenters. The predicted molar refractivity (Wildman–Crippen MR) is 92.5 cm³/mol. The highest BCUT2D eigenvalue weighted by Gasteiger charge is 2.11. The normalized spacial score (nSPS) is 12.3. The monoisotopic (exact) mass is 335 g/mol. The number of nitrogens with zero attached hydrogens (tertiary/aromatic N) is 1. The molecule has 2 rings (SSSR count). The van der Waals surface area contributed by atoms with Gasteiger partial charge in [-0.1, -0.05) is 6.92 Å². The Labute approximate surface area is 139 Å². The van der Waals surface area contributed by atoms with Crippen LogP contribution >= 0.6 is 12.2 Å². The minimum absolute atomic E-state index is 0.0961. The van der Waals surface area contributed by atoms with Crippen molar-refractivity contribution in [3.8, 4) is 0 Å². The van der Waals surface area contributed by atoms with Gasteiger partial charge in [-0.05, 0) is 43.8 Å². The van der Waals surface area contributed by atoms with E-state index in [1.165, 1.54) is 4.57 Å². The molecule has 6 nitrogen and oxygen atoms in total. The summed E-state index contributed by atoms with van der Waals surface area (Å²) < 4.78 is 6.77. The lowest BCUT2D eigenvalue weighted by atomic mass is 10.1. The summed E-state index contributed by atoms with van der Waals surface area (Å²) in [6, 6.07) is 5.06. The molecule has 7 heteroatoms. The molecule has 2 N–H and O–H groups in total. The molecule has 0 aliphatic rings. The molecule has 124 valence electrons. The van der Waals surface area contributed by atoms with Crippen molar-refractivity contribution in [2.24, 2.45) is 0 Å². The summed E-state index contributed by atoms with van der Waals surface area (Å²) in [6.07, 6.45) is 0.853. The highest BCUT2D eigenvalue weighted by molar-refractivity contribution is 7.71. The Kier molecular flexibility index (Phi) is 5.68. The molecule has 0 spiro atoms. The minimum Gasteiger partial charge on any atom is -0.383 e. The molecule has 0 aliphatic carbocycles. The van der Waals surface area contributed by atoms with Crippen LogP contribution in [0.5, 0.6) is 0 Å². The molecule has 1 heterocycles. The number of carbonyl (C=O) groups is 1. The number of hydrogen-bond donors (Lipinski definition) is 2. The second-order valence-corrected chi connectivity index (χ2v) is 5.81. The number of amides is 1. The maximum Gasteiger partial charge on any atom is 0.262 e. The van der Waals surface area contributed by atoms with E-state index in [2.05, 4.69) is 10.3 Å². The van der Waals surface area contributed by atoms with Gasteiger partial charge in [-0.15, -0.1) is 0 Å². The van der Waals surface area contributed by atoms with Crippen LogP contribution in [0.25, 0.3) is 10.9 Å². The van der Waals surface area contributed by atoms with E-state index >= 15 is 0 Å². The Balaban J connectivity index is 2.43. The Morgan fingerprint density at radius 3 is 2.87 bits per heavy atom. The van der Waals surface area contributed by atoms with Gasteiger partial charge in [0.1, 0.15) is 0 Å². The lowest BCUT2D eigenvalue weighted by Gasteiger charge is -2.12. The lowest BCUT2D eigenvalue weighted by molar-refractivity contribution is 0.0939. The smallest absolute Gasteiger partial charge is 0.262 e. The van der Waals surface area contributed by atoms with Gasteiger partial charge in [0, 0.05) is 18.7 Å². The summed E-state index contributed by atoms with van der Waals surface area (Å²) >= 11 is 5.23. The van der Waals surface area contributed by atoms with E-state index in [4.69, 9.17) is 17.0 Å². The number of hydrogen-bond acceptors (Lipinski definition) is 4. The Hall–Kier alpha value is -1.99. The number of H-pyrrole nitrogens is 1. The van der Waals surface area contributed by atoms with Crippen molar-refractivity contribution in [1.29, 1.82) is 0 Å². The van der Waals surface area contributed by atoms with Crippen LogP contribution in [0.1, 0.15) is 30.6 Å². The fourth-order valence-corrected chi connectivity index (χ4v) is 2.47. The summed E-state index contributed by atoms with van der Waals surface area (Å²) in [6.45, 7) is 4.74. The van der Waals surface area contributed by atoms with Gasteiger partial charge in [-0.25, -0.2) is 0 Å². The van der Waals surface area contributed by atoms with Crippen molar-refractivity contribution in [1.82, 2.24) is 14.9 Å². The van der Waals surface area contributed by atoms with Gasteiger partial charge in [0.05, 0.1) is 24.1 Å². The van der Waals surface area contributed by atoms with Crippen molar-refractivity contribution in [2.75, 3.05) is 13.7 Å². The Bertz CT molecular complexity index is 825. The number of benzene rings is 1. The van der Waals surface area contributed by atoms with E-state index in [1.807, 2.05) is 13.8 Å². The first-order valence-electron chi connectivity index (χ1n) is 7.54. The van der Waals surface area contributed by atoms with Crippen LogP contribution in [-0.2, 0) is 11.3 Å². The van der Waals surface area contributed by atoms with Gasteiger partial charge < -0.3 is 15.0 Å². The highest BCUT2D eigenvalue weighted by Crippen LogP contribution is 2.11. The fraction of sp³-hybridized carbons (Fsp3) is 0.438. The first-order chi connectivity index (χ1) is 11.0. The van der Waals surface area contributed by atoms with E-state index in [-0.39, 0.29) is 17.5 Å². The molecule has 1 amide bonds. The quantitative estimate of drug-likeness (QED) is 0.794. The summed E-state index contributed by atoms with van der Waals surface area (Å²) in [5.41, 5.74) is 0.873. The number of ether oxygens (including phenoxy) is 1. The zero-order valence-electron chi connectivity index (χ0n) is 13.5. The van der Waals surface area contributed by atoms with Crippen molar-refractivity contribution in [3.05, 3.63) is 38.9 Å². The molecule has 0 saturated carbocycles. The van der Waals surface area contributed by atoms with E-state index in [9.17, 15) is 9.59 Å². The standard InChI is InChI=1S/C16H21N3O3S/c1-4-10(2)17-14(20)11-5-6-12-13(9-11)18-16(23)19(15(12)21)7-8-22-3/h5-6,9-10H,4,7-8H2,1-3H3,(H,17,20)(H,18,23)/t10-/m1/s1. The van der Waals surface area contributed by atoms with E-state index in [0.717, 1.165) is 6.42 Å². The second kappa shape index (κ2) is 7.52. The number of aromatic nitrogens is 2. The van der Waals surface area contributed by atoms with Crippen LogP contribution in [0.15, 0.2) is 23.0 Å². The van der Waals surface area contributed by atoms with Crippen LogP contribution in [-0.4, -0.2) is 35.2 Å². The zero-order chi connectivity index (χ0) is 17.0. The van der Waals surface area contributed by atoms with E-state index in [1.54, 1.807) is 25.3 Å². The van der Waals surface area contributed by atoms with Crippen molar-refractivity contribution in [3.63, 3.8) is 0 Å². The molecule has 0 radical (unpaired) electrons. The minimum atomic E-state index is -0.185. The first kappa shape index (κ1) is 17.4. The molecule has 0 bridgehead atoms. The van der Waals surface area contributed by atoms with Gasteiger partial charge >= 0.3 is 0 Å². The molecule has 0 aliphatic heterocycles. The first-order valence-corrected chi connectivity index (χ1v) is 7.95. The van der Waals surface area contributed by atoms with Crippen LogP contribution < -0.4 is 10.9 Å². The number of aromatic amines is 1. The summed E-state index contributed by atoms with van der Waals surface area (Å²) in [4.78, 5) is 27.7. The lowest BCUT2D eigenvalue weighted by Crippen LogP contribution is -2.32. The highest BCUT2D eigenvalue weighted by atomic mass is 32.1. The van der Waals surface area contributed by atoms with Crippen molar-refractivity contribution < 1.29 is 9.53 Å². The Morgan fingerprint density at radius 1 is 1.48 bits per heavy atom. The average Bonchev–Trinajstić information content (AvgIpc) is 2.53. The number of carbonyl (C=O) groups excluding carboxylic acids is 1. The van der Waals surface area contributed by atoms with Gasteiger partial charge in [-0.2, -0.15) is 0 Å². The predicted octanol–water partition coefficient (Wildman–Crippen LogP) is 2.23. The molecular formula is C16H21N3O3S. The number of methoxy groups -OCH3 is 1. The van der Waals surface area contributed by atoms with Crippen LogP contribution in [0.3, 0.4) is 0 Å². The fourth-order valence-electron chi connectivity index (χ4n) is 2.19. The average molecular weight is 335 g/mol. The van der Waals surface area contributed by atoms with E-state index in [0.29, 0.717) is 34.4 Å². The number of nitrogens with one attached hydrogen (secondary N) is 2. The van der Waals surface area contributed by atoms with Crippen LogP contribution in [0.2, 0.25) is 0 Å². The molecule has 0 fully saturated rings. The molecule has 1 aromatic heterocycles. The topological polar surface area (TPSA) is 76.1 Å². The number of fused-ring (bicyclic) bond motifs is 1. The van der Waals surface area contributed by atoms with Crippen LogP contribution in [0, 0.1) is 4.77 Å². The molecular weight excluding hydrogens is 314 g/mol. The maximum atomic E-state index is 12.5. The summed E-state index contributed by atoms with van der Waals surface area (Å²) in [5, 5.41) is 3.40. The largest absolute Gasteiger partial charge is 0.383 e. The van der Waals surface area contributed by atoms with Crippen molar-refractivity contribution in [2.45, 2.75) is 32.9 Å². The SMILES string of the molecule is CC[C@@H](C)NC(=O)c1ccc2c(=O)n(CCOC)c(=S)[nH]c2c1. The Morgan fingerprint density at radius 2 is 2.22 bits per heavy atom. The second-order valence-electron chi connectivity index (χ2n) is 5.42. The molecule has 1 aromatic carbocycles. The summed E-state index contributed by atoms with van der Waals surface area (Å²) in [5.74, 6) is -0.163. The summed E-state index contributed by atoms with van der Waals surface area (Å²) in [7, 11) is 1.57. The maximum absolute atomic E-state index is 12.5. The van der Waals surface area contributed by atoms with E-state index < -0.39 is 0 Å². The van der Waals surface area contributed by atoms with Gasteiger partial charge in [0.25, 0.3) is 11.5 Å². The van der Waals surface area contributed by atoms with Crippen LogP contribution in [0.4, 0.5) is 0 Å². The molecule has 0 unspecified atom stereocenters. The zero-order valence-corrected chi connectivity index (χ0v) is 14.3. The third-order valence-corrected chi connectivity index (χ3v) is 4.08. The van der Waals surface area contributed by atoms with Gasteiger partial charge in [-0.3, -0.25) is 14.2 Å². The van der Waals surface area contributed by atoms with Gasteiger partial charge in [0.2, 0.25) is 0 Å².